The van der Waals surface area contributed by atoms with Crippen LogP contribution >= 0.6 is 0 Å². The van der Waals surface area contributed by atoms with Crippen LogP contribution in [-0.4, -0.2) is 50.3 Å². The Bertz CT molecular complexity index is 299. The summed E-state index contributed by atoms with van der Waals surface area (Å²) in [7, 11) is 3.94. The molecule has 1 heterocycles. The number of methoxy groups -OCH3 is 1. The SMILES string of the molecule is CCC1(CC)C(NC2=NCCN2C)CC1OC. The Labute approximate surface area is 104 Å². The highest BCUT2D eigenvalue weighted by Gasteiger charge is 2.53. The van der Waals surface area contributed by atoms with Gasteiger partial charge < -0.3 is 15.0 Å². The molecule has 0 bridgehead atoms. The lowest BCUT2D eigenvalue weighted by molar-refractivity contribution is -0.119. The van der Waals surface area contributed by atoms with E-state index in [1.807, 2.05) is 7.11 Å². The van der Waals surface area contributed by atoms with Crippen molar-refractivity contribution in [2.24, 2.45) is 10.4 Å². The van der Waals surface area contributed by atoms with E-state index < -0.39 is 0 Å². The second-order valence-electron chi connectivity index (χ2n) is 5.22. The van der Waals surface area contributed by atoms with E-state index in [4.69, 9.17) is 4.74 Å². The Kier molecular flexibility index (Phi) is 3.61. The predicted octanol–water partition coefficient (Wildman–Crippen LogP) is 1.47. The van der Waals surface area contributed by atoms with Gasteiger partial charge in [-0.05, 0) is 19.3 Å². The molecular weight excluding hydrogens is 214 g/mol. The Morgan fingerprint density at radius 3 is 2.65 bits per heavy atom. The van der Waals surface area contributed by atoms with Gasteiger partial charge in [-0.1, -0.05) is 13.8 Å². The van der Waals surface area contributed by atoms with Gasteiger partial charge in [0, 0.05) is 32.2 Å². The minimum atomic E-state index is 0.292. The van der Waals surface area contributed by atoms with Crippen LogP contribution in [0, 0.1) is 5.41 Å². The first-order valence-electron chi connectivity index (χ1n) is 6.72. The molecule has 0 aromatic carbocycles. The Morgan fingerprint density at radius 2 is 2.18 bits per heavy atom. The van der Waals surface area contributed by atoms with Crippen molar-refractivity contribution in [1.82, 2.24) is 10.2 Å². The molecule has 1 N–H and O–H groups in total. The van der Waals surface area contributed by atoms with Crippen LogP contribution in [0.3, 0.4) is 0 Å². The Hall–Kier alpha value is -0.770. The molecule has 98 valence electrons. The van der Waals surface area contributed by atoms with Crippen molar-refractivity contribution in [2.75, 3.05) is 27.2 Å². The zero-order valence-electron chi connectivity index (χ0n) is 11.5. The fourth-order valence-electron chi connectivity index (χ4n) is 3.32. The lowest BCUT2D eigenvalue weighted by Gasteiger charge is -2.55. The van der Waals surface area contributed by atoms with Gasteiger partial charge in [-0.2, -0.15) is 0 Å². The minimum Gasteiger partial charge on any atom is -0.381 e. The van der Waals surface area contributed by atoms with Crippen LogP contribution in [0.2, 0.25) is 0 Å². The molecule has 2 atom stereocenters. The Morgan fingerprint density at radius 1 is 1.47 bits per heavy atom. The zero-order chi connectivity index (χ0) is 12.5. The van der Waals surface area contributed by atoms with Gasteiger partial charge >= 0.3 is 0 Å². The summed E-state index contributed by atoms with van der Waals surface area (Å²) in [5.41, 5.74) is 0.292. The van der Waals surface area contributed by atoms with Gasteiger partial charge in [0.2, 0.25) is 0 Å². The summed E-state index contributed by atoms with van der Waals surface area (Å²) in [5.74, 6) is 1.07. The van der Waals surface area contributed by atoms with Crippen molar-refractivity contribution in [3.05, 3.63) is 0 Å². The molecular formula is C13H25N3O. The highest BCUT2D eigenvalue weighted by Crippen LogP contribution is 2.48. The molecule has 2 unspecified atom stereocenters. The maximum absolute atomic E-state index is 5.61. The summed E-state index contributed by atoms with van der Waals surface area (Å²) in [4.78, 5) is 6.72. The van der Waals surface area contributed by atoms with Gasteiger partial charge in [0.05, 0.1) is 12.6 Å². The number of hydrogen-bond donors (Lipinski definition) is 1. The first-order valence-corrected chi connectivity index (χ1v) is 6.72. The third-order valence-electron chi connectivity index (χ3n) is 4.75. The van der Waals surface area contributed by atoms with E-state index in [2.05, 4.69) is 36.1 Å². The molecule has 0 saturated heterocycles. The minimum absolute atomic E-state index is 0.292. The first-order chi connectivity index (χ1) is 8.17. The zero-order valence-corrected chi connectivity index (χ0v) is 11.5. The van der Waals surface area contributed by atoms with E-state index >= 15 is 0 Å². The van der Waals surface area contributed by atoms with Gasteiger partial charge in [-0.15, -0.1) is 0 Å². The number of hydrogen-bond acceptors (Lipinski definition) is 4. The van der Waals surface area contributed by atoms with E-state index in [0.29, 0.717) is 17.6 Å². The summed E-state index contributed by atoms with van der Waals surface area (Å²) >= 11 is 0. The number of rotatable bonds is 4. The second kappa shape index (κ2) is 4.84. The number of ether oxygens (including phenoxy) is 1. The van der Waals surface area contributed by atoms with Crippen LogP contribution in [-0.2, 0) is 4.74 Å². The fourth-order valence-corrected chi connectivity index (χ4v) is 3.32. The standard InChI is InChI=1S/C13H25N3O/c1-5-13(6-2)10(9-11(13)17-4)15-12-14-7-8-16(12)3/h10-11H,5-9H2,1-4H3,(H,14,15). The summed E-state index contributed by atoms with van der Waals surface area (Å²) in [6.07, 6.45) is 3.83. The summed E-state index contributed by atoms with van der Waals surface area (Å²) in [6.45, 7) is 6.49. The van der Waals surface area contributed by atoms with Crippen LogP contribution < -0.4 is 5.32 Å². The molecule has 0 aromatic rings. The van der Waals surface area contributed by atoms with Crippen molar-refractivity contribution in [3.63, 3.8) is 0 Å². The van der Waals surface area contributed by atoms with Crippen molar-refractivity contribution in [1.29, 1.82) is 0 Å². The number of guanidine groups is 1. The first kappa shape index (κ1) is 12.7. The van der Waals surface area contributed by atoms with E-state index in [9.17, 15) is 0 Å². The van der Waals surface area contributed by atoms with E-state index in [-0.39, 0.29) is 0 Å². The molecule has 1 saturated carbocycles. The molecule has 4 heteroatoms. The lowest BCUT2D eigenvalue weighted by Crippen LogP contribution is -2.65. The normalized spacial score (nSPS) is 31.1. The van der Waals surface area contributed by atoms with E-state index in [1.54, 1.807) is 0 Å². The maximum Gasteiger partial charge on any atom is 0.194 e. The summed E-state index contributed by atoms with van der Waals surface area (Å²) in [5, 5.41) is 3.62. The largest absolute Gasteiger partial charge is 0.381 e. The lowest BCUT2D eigenvalue weighted by atomic mass is 9.58. The second-order valence-corrected chi connectivity index (χ2v) is 5.22. The summed E-state index contributed by atoms with van der Waals surface area (Å²) in [6, 6.07) is 0.516. The third-order valence-corrected chi connectivity index (χ3v) is 4.75. The monoisotopic (exact) mass is 239 g/mol. The topological polar surface area (TPSA) is 36.9 Å². The molecule has 0 radical (unpaired) electrons. The molecule has 1 aliphatic heterocycles. The molecule has 0 amide bonds. The maximum atomic E-state index is 5.61. The molecule has 0 aromatic heterocycles. The van der Waals surface area contributed by atoms with Crippen LogP contribution in [0.25, 0.3) is 0 Å². The number of nitrogens with zero attached hydrogens (tertiary/aromatic N) is 2. The predicted molar refractivity (Wildman–Crippen MR) is 70.3 cm³/mol. The molecule has 0 spiro atoms. The van der Waals surface area contributed by atoms with Gasteiger partial charge in [0.1, 0.15) is 0 Å². The highest BCUT2D eigenvalue weighted by atomic mass is 16.5. The average molecular weight is 239 g/mol. The molecule has 2 aliphatic rings. The van der Waals surface area contributed by atoms with E-state index in [0.717, 1.165) is 38.3 Å². The van der Waals surface area contributed by atoms with Crippen molar-refractivity contribution in [3.8, 4) is 0 Å². The van der Waals surface area contributed by atoms with Gasteiger partial charge in [-0.3, -0.25) is 4.99 Å². The number of nitrogens with one attached hydrogen (secondary N) is 1. The molecule has 2 rings (SSSR count). The van der Waals surface area contributed by atoms with Gasteiger partial charge in [0.25, 0.3) is 0 Å². The molecule has 1 fully saturated rings. The summed E-state index contributed by atoms with van der Waals surface area (Å²) < 4.78 is 5.61. The van der Waals surface area contributed by atoms with E-state index in [1.165, 1.54) is 0 Å². The average Bonchev–Trinajstić information content (AvgIpc) is 2.71. The van der Waals surface area contributed by atoms with Crippen LogP contribution in [0.1, 0.15) is 33.1 Å². The highest BCUT2D eigenvalue weighted by molar-refractivity contribution is 5.81. The van der Waals surface area contributed by atoms with Gasteiger partial charge in [0.15, 0.2) is 5.96 Å². The van der Waals surface area contributed by atoms with Crippen LogP contribution in [0.4, 0.5) is 0 Å². The molecule has 1 aliphatic carbocycles. The Balaban J connectivity index is 2.02. The smallest absolute Gasteiger partial charge is 0.194 e. The molecule has 17 heavy (non-hydrogen) atoms. The van der Waals surface area contributed by atoms with Crippen molar-refractivity contribution in [2.45, 2.75) is 45.3 Å². The van der Waals surface area contributed by atoms with Crippen LogP contribution in [0.15, 0.2) is 4.99 Å². The van der Waals surface area contributed by atoms with Crippen molar-refractivity contribution >= 4 is 5.96 Å². The van der Waals surface area contributed by atoms with Crippen LogP contribution in [0.5, 0.6) is 0 Å². The fraction of sp³-hybridized carbons (Fsp3) is 0.923. The van der Waals surface area contributed by atoms with Crippen molar-refractivity contribution < 1.29 is 4.74 Å². The third kappa shape index (κ3) is 1.92. The molecule has 4 nitrogen and oxygen atoms in total. The van der Waals surface area contributed by atoms with Gasteiger partial charge in [-0.25, -0.2) is 0 Å². The number of aliphatic imine (C=N–C) groups is 1. The number of likely N-dealkylation sites (N-methyl/N-ethyl adjacent to an activating group) is 1. The quantitative estimate of drug-likeness (QED) is 0.807.